The second-order valence-corrected chi connectivity index (χ2v) is 6.13. The van der Waals surface area contributed by atoms with Crippen molar-refractivity contribution >= 4 is 5.91 Å². The molecule has 2 aromatic carbocycles. The molecule has 0 radical (unpaired) electrons. The molecule has 1 fully saturated rings. The van der Waals surface area contributed by atoms with Crippen molar-refractivity contribution in [2.24, 2.45) is 0 Å². The Balaban J connectivity index is 1.45. The van der Waals surface area contributed by atoms with Crippen LogP contribution in [-0.2, 0) is 22.7 Å². The molecule has 25 heavy (non-hydrogen) atoms. The maximum Gasteiger partial charge on any atom is 0.221 e. The lowest BCUT2D eigenvalue weighted by Crippen LogP contribution is -2.44. The third kappa shape index (κ3) is 5.89. The molecule has 1 heterocycles. The van der Waals surface area contributed by atoms with Crippen molar-refractivity contribution in [3.05, 3.63) is 65.7 Å². The van der Waals surface area contributed by atoms with Crippen LogP contribution in [0.25, 0.3) is 0 Å². The first-order valence-electron chi connectivity index (χ1n) is 8.63. The summed E-state index contributed by atoms with van der Waals surface area (Å²) in [5, 5.41) is 6.26. The van der Waals surface area contributed by atoms with Gasteiger partial charge in [-0.25, -0.2) is 0 Å². The van der Waals surface area contributed by atoms with E-state index in [4.69, 9.17) is 9.47 Å². The molecule has 1 unspecified atom stereocenters. The lowest BCUT2D eigenvalue weighted by Gasteiger charge is -2.23. The van der Waals surface area contributed by atoms with Gasteiger partial charge in [0.25, 0.3) is 0 Å². The first-order valence-corrected chi connectivity index (χ1v) is 8.63. The number of ether oxygens (including phenoxy) is 2. The number of rotatable bonds is 7. The summed E-state index contributed by atoms with van der Waals surface area (Å²) in [5.41, 5.74) is 2.15. The van der Waals surface area contributed by atoms with Crippen LogP contribution in [0.3, 0.4) is 0 Å². The Morgan fingerprint density at radius 3 is 2.80 bits per heavy atom. The van der Waals surface area contributed by atoms with Crippen LogP contribution in [0.1, 0.15) is 17.5 Å². The van der Waals surface area contributed by atoms with Crippen LogP contribution in [0, 0.1) is 0 Å². The molecule has 1 atom stereocenters. The number of carbonyl (C=O) groups excluding carboxylic acids is 1. The zero-order chi connectivity index (χ0) is 17.3. The quantitative estimate of drug-likeness (QED) is 0.812. The summed E-state index contributed by atoms with van der Waals surface area (Å²) in [6, 6.07) is 17.9. The predicted molar refractivity (Wildman–Crippen MR) is 96.3 cm³/mol. The van der Waals surface area contributed by atoms with Gasteiger partial charge in [-0.15, -0.1) is 0 Å². The van der Waals surface area contributed by atoms with Crippen LogP contribution in [0.4, 0.5) is 0 Å². The van der Waals surface area contributed by atoms with Crippen molar-refractivity contribution in [1.82, 2.24) is 10.6 Å². The first-order chi connectivity index (χ1) is 12.3. The van der Waals surface area contributed by atoms with Crippen LogP contribution in [0.2, 0.25) is 0 Å². The predicted octanol–water partition coefficient (Wildman–Crippen LogP) is 2.26. The largest absolute Gasteiger partial charge is 0.489 e. The molecule has 0 aliphatic carbocycles. The fraction of sp³-hybridized carbons (Fsp3) is 0.350. The zero-order valence-corrected chi connectivity index (χ0v) is 14.2. The van der Waals surface area contributed by atoms with Gasteiger partial charge in [0.05, 0.1) is 13.2 Å². The summed E-state index contributed by atoms with van der Waals surface area (Å²) in [6.07, 6.45) is 0.441. The molecule has 2 aromatic rings. The van der Waals surface area contributed by atoms with Crippen LogP contribution >= 0.6 is 0 Å². The minimum Gasteiger partial charge on any atom is -0.489 e. The van der Waals surface area contributed by atoms with Crippen LogP contribution in [-0.4, -0.2) is 31.7 Å². The van der Waals surface area contributed by atoms with Crippen molar-refractivity contribution in [2.45, 2.75) is 25.6 Å². The summed E-state index contributed by atoms with van der Waals surface area (Å²) in [6.45, 7) is 3.15. The third-order valence-corrected chi connectivity index (χ3v) is 4.06. The van der Waals surface area contributed by atoms with Crippen LogP contribution in [0.15, 0.2) is 54.6 Å². The Morgan fingerprint density at radius 2 is 2.00 bits per heavy atom. The van der Waals surface area contributed by atoms with Gasteiger partial charge in [0.1, 0.15) is 12.4 Å². The van der Waals surface area contributed by atoms with E-state index in [0.717, 1.165) is 30.0 Å². The van der Waals surface area contributed by atoms with Gasteiger partial charge >= 0.3 is 0 Å². The number of para-hydroxylation sites is 1. The van der Waals surface area contributed by atoms with Crippen molar-refractivity contribution in [3.63, 3.8) is 0 Å². The Bertz CT molecular complexity index is 670. The van der Waals surface area contributed by atoms with Gasteiger partial charge in [0, 0.05) is 25.6 Å². The highest BCUT2D eigenvalue weighted by atomic mass is 16.5. The second-order valence-electron chi connectivity index (χ2n) is 6.13. The lowest BCUT2D eigenvalue weighted by molar-refractivity contribution is -0.122. The minimum atomic E-state index is 0.0361. The molecule has 0 bridgehead atoms. The zero-order valence-electron chi connectivity index (χ0n) is 14.2. The second kappa shape index (κ2) is 9.20. The van der Waals surface area contributed by atoms with E-state index >= 15 is 0 Å². The van der Waals surface area contributed by atoms with Gasteiger partial charge in [-0.05, 0) is 23.3 Å². The molecule has 1 aliphatic heterocycles. The van der Waals surface area contributed by atoms with Crippen molar-refractivity contribution in [2.75, 3.05) is 19.8 Å². The Morgan fingerprint density at radius 1 is 1.16 bits per heavy atom. The number of morpholine rings is 1. The van der Waals surface area contributed by atoms with E-state index in [-0.39, 0.29) is 11.9 Å². The van der Waals surface area contributed by atoms with Crippen molar-refractivity contribution < 1.29 is 14.3 Å². The highest BCUT2D eigenvalue weighted by molar-refractivity contribution is 5.76. The summed E-state index contributed by atoms with van der Waals surface area (Å²) in [4.78, 5) is 12.0. The molecule has 3 rings (SSSR count). The Labute approximate surface area is 148 Å². The monoisotopic (exact) mass is 340 g/mol. The fourth-order valence-electron chi connectivity index (χ4n) is 2.76. The highest BCUT2D eigenvalue weighted by Gasteiger charge is 2.16. The van der Waals surface area contributed by atoms with E-state index in [0.29, 0.717) is 26.2 Å². The summed E-state index contributed by atoms with van der Waals surface area (Å²) in [5.74, 6) is 0.886. The van der Waals surface area contributed by atoms with Gasteiger partial charge in [-0.1, -0.05) is 42.5 Å². The summed E-state index contributed by atoms with van der Waals surface area (Å²) in [7, 11) is 0. The third-order valence-electron chi connectivity index (χ3n) is 4.06. The van der Waals surface area contributed by atoms with E-state index < -0.39 is 0 Å². The van der Waals surface area contributed by atoms with Gasteiger partial charge in [0.15, 0.2) is 0 Å². The molecular weight excluding hydrogens is 316 g/mol. The minimum absolute atomic E-state index is 0.0361. The highest BCUT2D eigenvalue weighted by Crippen LogP contribution is 2.12. The maximum absolute atomic E-state index is 12.0. The summed E-state index contributed by atoms with van der Waals surface area (Å²) >= 11 is 0. The molecule has 5 heteroatoms. The Kier molecular flexibility index (Phi) is 6.42. The molecule has 1 amide bonds. The van der Waals surface area contributed by atoms with E-state index in [1.54, 1.807) is 0 Å². The fourth-order valence-corrected chi connectivity index (χ4v) is 2.76. The average molecular weight is 340 g/mol. The number of nitrogens with one attached hydrogen (secondary N) is 2. The SMILES string of the molecule is O=C(CC1COCCN1)NCc1cccc(COc2ccccc2)c1. The molecule has 1 saturated heterocycles. The maximum atomic E-state index is 12.0. The molecule has 0 aromatic heterocycles. The smallest absolute Gasteiger partial charge is 0.221 e. The van der Waals surface area contributed by atoms with Gasteiger partial charge in [-0.2, -0.15) is 0 Å². The molecule has 2 N–H and O–H groups in total. The Hall–Kier alpha value is -2.37. The number of hydrogen-bond donors (Lipinski definition) is 2. The normalized spacial score (nSPS) is 17.0. The molecular formula is C20H24N2O3. The molecule has 0 saturated carbocycles. The van der Waals surface area contributed by atoms with E-state index in [1.165, 1.54) is 0 Å². The number of hydrogen-bond acceptors (Lipinski definition) is 4. The summed E-state index contributed by atoms with van der Waals surface area (Å²) < 4.78 is 11.1. The number of carbonyl (C=O) groups is 1. The molecule has 1 aliphatic rings. The number of amides is 1. The first kappa shape index (κ1) is 17.5. The topological polar surface area (TPSA) is 59.6 Å². The van der Waals surface area contributed by atoms with Crippen molar-refractivity contribution in [3.8, 4) is 5.75 Å². The molecule has 5 nitrogen and oxygen atoms in total. The number of benzene rings is 2. The van der Waals surface area contributed by atoms with Gasteiger partial charge in [0.2, 0.25) is 5.91 Å². The lowest BCUT2D eigenvalue weighted by atomic mass is 10.1. The van der Waals surface area contributed by atoms with E-state index in [1.807, 2.05) is 48.5 Å². The van der Waals surface area contributed by atoms with E-state index in [9.17, 15) is 4.79 Å². The van der Waals surface area contributed by atoms with Crippen LogP contribution < -0.4 is 15.4 Å². The molecule has 0 spiro atoms. The molecule has 132 valence electrons. The van der Waals surface area contributed by atoms with Crippen molar-refractivity contribution in [1.29, 1.82) is 0 Å². The van der Waals surface area contributed by atoms with Gasteiger partial charge in [-0.3, -0.25) is 4.79 Å². The standard InChI is InChI=1S/C20H24N2O3/c23-20(12-18-15-24-10-9-21-18)22-13-16-5-4-6-17(11-16)14-25-19-7-2-1-3-8-19/h1-8,11,18,21H,9-10,12-15H2,(H,22,23). The van der Waals surface area contributed by atoms with Gasteiger partial charge < -0.3 is 20.1 Å². The average Bonchev–Trinajstić information content (AvgIpc) is 2.67. The van der Waals surface area contributed by atoms with Crippen LogP contribution in [0.5, 0.6) is 5.75 Å². The van der Waals surface area contributed by atoms with E-state index in [2.05, 4.69) is 16.7 Å².